The molecule has 0 aromatic heterocycles. The zero-order valence-corrected chi connectivity index (χ0v) is 12.3. The molecule has 0 aliphatic carbocycles. The van der Waals surface area contributed by atoms with Crippen LogP contribution in [0.5, 0.6) is 0 Å². The van der Waals surface area contributed by atoms with E-state index in [0.717, 1.165) is 6.54 Å². The first kappa shape index (κ1) is 14.3. The summed E-state index contributed by atoms with van der Waals surface area (Å²) in [6, 6.07) is 0. The summed E-state index contributed by atoms with van der Waals surface area (Å²) in [6.45, 7) is 5.97. The van der Waals surface area contributed by atoms with Gasteiger partial charge in [-0.05, 0) is 39.4 Å². The highest BCUT2D eigenvalue weighted by atomic mass is 31.2. The molecule has 0 bridgehead atoms. The quantitative estimate of drug-likeness (QED) is 0.508. The fourth-order valence-electron chi connectivity index (χ4n) is 2.44. The Balaban J connectivity index is 2.33. The second kappa shape index (κ2) is 8.34. The number of nitrogens with zero attached hydrogens (tertiary/aromatic N) is 1. The van der Waals surface area contributed by atoms with Crippen molar-refractivity contribution in [3.05, 3.63) is 0 Å². The second-order valence-corrected chi connectivity index (χ2v) is 9.72. The zero-order valence-electron chi connectivity index (χ0n) is 11.4. The van der Waals surface area contributed by atoms with E-state index >= 15 is 0 Å². The Morgan fingerprint density at radius 3 is 1.62 bits per heavy atom. The number of rotatable bonds is 0. The van der Waals surface area contributed by atoms with Crippen LogP contribution in [0.15, 0.2) is 4.74 Å². The van der Waals surface area contributed by atoms with E-state index in [1.165, 1.54) is 70.4 Å². The van der Waals surface area contributed by atoms with Crippen molar-refractivity contribution >= 4 is 7.05 Å². The smallest absolute Gasteiger partial charge is 0.0374 e. The summed E-state index contributed by atoms with van der Waals surface area (Å²) < 4.78 is 4.95. The third kappa shape index (κ3) is 7.49. The van der Waals surface area contributed by atoms with Gasteiger partial charge in [0.2, 0.25) is 0 Å². The summed E-state index contributed by atoms with van der Waals surface area (Å²) in [5.74, 6) is 0. The molecule has 0 saturated carbocycles. The van der Waals surface area contributed by atoms with E-state index in [1.807, 2.05) is 0 Å². The Bertz CT molecular complexity index is 217. The molecular weight excluding hydrogens is 213 g/mol. The van der Waals surface area contributed by atoms with Gasteiger partial charge in [-0.1, -0.05) is 51.4 Å². The fraction of sp³-hybridized carbons (Fsp3) is 1.00. The van der Waals surface area contributed by atoms with Gasteiger partial charge in [0.05, 0.1) is 0 Å². The molecule has 1 rings (SSSR count). The van der Waals surface area contributed by atoms with E-state index in [2.05, 4.69) is 13.3 Å². The van der Waals surface area contributed by atoms with Crippen LogP contribution in [-0.2, 0) is 0 Å². The summed E-state index contributed by atoms with van der Waals surface area (Å²) >= 11 is 0. The number of hydrogen-bond donors (Lipinski definition) is 0. The Labute approximate surface area is 102 Å². The van der Waals surface area contributed by atoms with Gasteiger partial charge >= 0.3 is 0 Å². The van der Waals surface area contributed by atoms with Crippen molar-refractivity contribution in [3.8, 4) is 0 Å². The number of hydrogen-bond acceptors (Lipinski definition) is 1. The molecule has 2 heteroatoms. The van der Waals surface area contributed by atoms with Gasteiger partial charge < -0.3 is 4.74 Å². The van der Waals surface area contributed by atoms with Crippen LogP contribution in [0.3, 0.4) is 0 Å². The standard InChI is InChI=1S/C14H30NP/c1-16(2)14-12-10-8-6-4-3-5-7-9-11-13-15-16/h3-14H2,1-2H3. The molecule has 0 unspecified atom stereocenters. The molecule has 0 fully saturated rings. The van der Waals surface area contributed by atoms with Gasteiger partial charge in [0, 0.05) is 6.54 Å². The van der Waals surface area contributed by atoms with E-state index in [-0.39, 0.29) is 0 Å². The molecule has 0 radical (unpaired) electrons. The van der Waals surface area contributed by atoms with Crippen LogP contribution in [0.2, 0.25) is 0 Å². The maximum atomic E-state index is 4.95. The first-order chi connectivity index (χ1) is 7.71. The van der Waals surface area contributed by atoms with E-state index in [1.54, 1.807) is 0 Å². The van der Waals surface area contributed by atoms with Crippen LogP contribution >= 0.6 is 7.05 Å². The van der Waals surface area contributed by atoms with Crippen LogP contribution in [0.1, 0.15) is 64.2 Å². The van der Waals surface area contributed by atoms with E-state index in [9.17, 15) is 0 Å². The fourth-order valence-corrected chi connectivity index (χ4v) is 4.26. The highest BCUT2D eigenvalue weighted by Gasteiger charge is 2.05. The van der Waals surface area contributed by atoms with Crippen LogP contribution < -0.4 is 0 Å². The van der Waals surface area contributed by atoms with Gasteiger partial charge in [0.1, 0.15) is 0 Å². The zero-order chi connectivity index (χ0) is 11.7. The van der Waals surface area contributed by atoms with Gasteiger partial charge in [-0.3, -0.25) is 0 Å². The van der Waals surface area contributed by atoms with Crippen LogP contribution in [-0.4, -0.2) is 26.0 Å². The SMILES string of the molecule is CP1(C)=NCCCCCCCCCCCC1. The van der Waals surface area contributed by atoms with Crippen LogP contribution in [0.4, 0.5) is 0 Å². The molecule has 1 nitrogen and oxygen atoms in total. The summed E-state index contributed by atoms with van der Waals surface area (Å²) in [5.41, 5.74) is 0. The van der Waals surface area contributed by atoms with Crippen LogP contribution in [0, 0.1) is 0 Å². The van der Waals surface area contributed by atoms with Gasteiger partial charge in [-0.2, -0.15) is 0 Å². The Hall–Kier alpha value is 0.230. The lowest BCUT2D eigenvalue weighted by Crippen LogP contribution is -1.92. The van der Waals surface area contributed by atoms with E-state index in [4.69, 9.17) is 4.74 Å². The molecule has 96 valence electrons. The Kier molecular flexibility index (Phi) is 7.45. The van der Waals surface area contributed by atoms with Crippen molar-refractivity contribution in [2.24, 2.45) is 4.74 Å². The Morgan fingerprint density at radius 2 is 1.06 bits per heavy atom. The van der Waals surface area contributed by atoms with Crippen molar-refractivity contribution in [2.45, 2.75) is 64.2 Å². The molecule has 0 atom stereocenters. The highest BCUT2D eigenvalue weighted by molar-refractivity contribution is 7.64. The maximum Gasteiger partial charge on any atom is 0.0374 e. The third-order valence-electron chi connectivity index (χ3n) is 3.60. The van der Waals surface area contributed by atoms with E-state index < -0.39 is 7.05 Å². The molecule has 1 heterocycles. The molecule has 16 heavy (non-hydrogen) atoms. The van der Waals surface area contributed by atoms with Crippen molar-refractivity contribution in [3.63, 3.8) is 0 Å². The molecule has 0 spiro atoms. The predicted molar refractivity (Wildman–Crippen MR) is 77.1 cm³/mol. The molecular formula is C14H30NP. The molecule has 0 amide bonds. The molecule has 0 aromatic rings. The second-order valence-electron chi connectivity index (χ2n) is 5.75. The van der Waals surface area contributed by atoms with Gasteiger partial charge in [-0.25, -0.2) is 0 Å². The summed E-state index contributed by atoms with van der Waals surface area (Å²) in [5, 5.41) is 0. The third-order valence-corrected chi connectivity index (χ3v) is 5.97. The predicted octanol–water partition coefficient (Wildman–Crippen LogP) is 5.36. The average Bonchev–Trinajstić information content (AvgIpc) is 2.24. The topological polar surface area (TPSA) is 12.4 Å². The molecule has 0 aromatic carbocycles. The van der Waals surface area contributed by atoms with E-state index in [0.29, 0.717) is 0 Å². The lowest BCUT2D eigenvalue weighted by atomic mass is 10.1. The summed E-state index contributed by atoms with van der Waals surface area (Å²) in [4.78, 5) is 0. The normalized spacial score (nSPS) is 25.4. The average molecular weight is 243 g/mol. The van der Waals surface area contributed by atoms with Crippen molar-refractivity contribution < 1.29 is 0 Å². The molecule has 0 saturated heterocycles. The summed E-state index contributed by atoms with van der Waals surface area (Å²) in [6.07, 6.45) is 15.8. The van der Waals surface area contributed by atoms with Crippen molar-refractivity contribution in [2.75, 3.05) is 26.0 Å². The minimum atomic E-state index is -0.888. The van der Waals surface area contributed by atoms with Gasteiger partial charge in [0.25, 0.3) is 0 Å². The Morgan fingerprint density at radius 1 is 0.625 bits per heavy atom. The minimum Gasteiger partial charge on any atom is -0.304 e. The molecule has 0 N–H and O–H groups in total. The van der Waals surface area contributed by atoms with Crippen molar-refractivity contribution in [1.29, 1.82) is 0 Å². The largest absolute Gasteiger partial charge is 0.304 e. The first-order valence-electron chi connectivity index (χ1n) is 7.23. The summed E-state index contributed by atoms with van der Waals surface area (Å²) in [7, 11) is -0.888. The molecule has 1 aliphatic heterocycles. The minimum absolute atomic E-state index is 0.888. The monoisotopic (exact) mass is 243 g/mol. The van der Waals surface area contributed by atoms with Gasteiger partial charge in [-0.15, -0.1) is 0 Å². The lowest BCUT2D eigenvalue weighted by molar-refractivity contribution is 0.557. The molecule has 1 aliphatic rings. The lowest BCUT2D eigenvalue weighted by Gasteiger charge is -2.14. The highest BCUT2D eigenvalue weighted by Crippen LogP contribution is 2.42. The maximum absolute atomic E-state index is 4.95. The van der Waals surface area contributed by atoms with Crippen molar-refractivity contribution in [1.82, 2.24) is 0 Å². The van der Waals surface area contributed by atoms with Gasteiger partial charge in [0.15, 0.2) is 0 Å². The van der Waals surface area contributed by atoms with Crippen LogP contribution in [0.25, 0.3) is 0 Å². The first-order valence-corrected chi connectivity index (χ1v) is 10.0.